The van der Waals surface area contributed by atoms with Crippen LogP contribution < -0.4 is 14.2 Å². The largest absolute Gasteiger partial charge is 0.493 e. The van der Waals surface area contributed by atoms with Crippen LogP contribution in [0.2, 0.25) is 0 Å². The molecule has 3 aliphatic heterocycles. The topological polar surface area (TPSA) is 85.4 Å². The summed E-state index contributed by atoms with van der Waals surface area (Å²) in [6, 6.07) is 3.86. The van der Waals surface area contributed by atoms with Gasteiger partial charge in [-0.3, -0.25) is 19.3 Å². The molecular weight excluding hydrogens is 400 g/mol. The summed E-state index contributed by atoms with van der Waals surface area (Å²) in [7, 11) is 4.71. The number of hydrogen-bond acceptors (Lipinski definition) is 6. The molecule has 3 fully saturated rings. The molecule has 0 spiro atoms. The summed E-state index contributed by atoms with van der Waals surface area (Å²) in [5.41, 5.74) is 0.893. The molecule has 0 N–H and O–H groups in total. The first-order valence-electron chi connectivity index (χ1n) is 10.9. The zero-order chi connectivity index (χ0) is 22.1. The third kappa shape index (κ3) is 3.83. The van der Waals surface area contributed by atoms with Crippen molar-refractivity contribution in [2.45, 2.75) is 69.5 Å². The Morgan fingerprint density at radius 2 is 1.52 bits per heavy atom. The maximum Gasteiger partial charge on any atom is 0.229 e. The van der Waals surface area contributed by atoms with E-state index in [-0.39, 0.29) is 35.8 Å². The minimum atomic E-state index is -0.0604. The molecule has 3 saturated heterocycles. The van der Waals surface area contributed by atoms with Gasteiger partial charge in [0.05, 0.1) is 21.3 Å². The minimum Gasteiger partial charge on any atom is -0.493 e. The molecule has 8 heteroatoms. The molecule has 3 aliphatic rings. The van der Waals surface area contributed by atoms with Crippen LogP contribution in [0.15, 0.2) is 12.1 Å². The third-order valence-corrected chi connectivity index (χ3v) is 6.85. The molecule has 2 bridgehead atoms. The standard InChI is InChI=1S/C23H30N2O6/c1-29-18-8-4-14(22(30-2)23(18)31-3)5-9-19(26)24-15-6-7-16(24)13-17(12-15)25-20(27)10-11-21(25)28/h4,8,15-17H,5-7,9-13H2,1-3H3. The SMILES string of the molecule is COc1ccc(CCC(=O)N2C3CCC2CC(N2C(=O)CCC2=O)C3)c(OC)c1OC. The van der Waals surface area contributed by atoms with Crippen molar-refractivity contribution in [3.63, 3.8) is 0 Å². The molecule has 1 aromatic carbocycles. The molecule has 4 rings (SSSR count). The Balaban J connectivity index is 1.43. The number of amides is 3. The lowest BCUT2D eigenvalue weighted by molar-refractivity contribution is -0.144. The van der Waals surface area contributed by atoms with Crippen molar-refractivity contribution in [1.29, 1.82) is 0 Å². The maximum atomic E-state index is 13.1. The van der Waals surface area contributed by atoms with Gasteiger partial charge >= 0.3 is 0 Å². The average molecular weight is 431 g/mol. The Morgan fingerprint density at radius 3 is 2.06 bits per heavy atom. The molecule has 0 aliphatic carbocycles. The second kappa shape index (κ2) is 8.77. The van der Waals surface area contributed by atoms with Crippen molar-refractivity contribution in [3.8, 4) is 17.2 Å². The predicted octanol–water partition coefficient (Wildman–Crippen LogP) is 2.32. The van der Waals surface area contributed by atoms with Gasteiger partial charge in [0.15, 0.2) is 11.5 Å². The van der Waals surface area contributed by atoms with Gasteiger partial charge in [-0.15, -0.1) is 0 Å². The average Bonchev–Trinajstić information content (AvgIpc) is 3.25. The zero-order valence-electron chi connectivity index (χ0n) is 18.4. The third-order valence-electron chi connectivity index (χ3n) is 6.85. The van der Waals surface area contributed by atoms with Crippen LogP contribution in [0, 0.1) is 0 Å². The number of piperidine rings is 1. The number of carbonyl (C=O) groups excluding carboxylic acids is 3. The number of hydrogen-bond donors (Lipinski definition) is 0. The van der Waals surface area contributed by atoms with Gasteiger partial charge in [-0.25, -0.2) is 0 Å². The number of nitrogens with zero attached hydrogens (tertiary/aromatic N) is 2. The molecule has 3 heterocycles. The van der Waals surface area contributed by atoms with Crippen LogP contribution in [0.5, 0.6) is 17.2 Å². The minimum absolute atomic E-state index is 0.0602. The van der Waals surface area contributed by atoms with Gasteiger partial charge in [0.1, 0.15) is 0 Å². The van der Waals surface area contributed by atoms with Gasteiger partial charge in [0, 0.05) is 37.4 Å². The highest BCUT2D eigenvalue weighted by atomic mass is 16.5. The van der Waals surface area contributed by atoms with Crippen LogP contribution >= 0.6 is 0 Å². The van der Waals surface area contributed by atoms with Gasteiger partial charge in [-0.1, -0.05) is 6.07 Å². The van der Waals surface area contributed by atoms with Crippen molar-refractivity contribution < 1.29 is 28.6 Å². The Bertz CT molecular complexity index is 855. The van der Waals surface area contributed by atoms with Crippen LogP contribution in [0.1, 0.15) is 50.5 Å². The molecule has 168 valence electrons. The summed E-state index contributed by atoms with van der Waals surface area (Å²) in [6.45, 7) is 0. The Labute approximate surface area is 182 Å². The van der Waals surface area contributed by atoms with Crippen molar-refractivity contribution in [1.82, 2.24) is 9.80 Å². The smallest absolute Gasteiger partial charge is 0.229 e. The number of fused-ring (bicyclic) bond motifs is 2. The highest BCUT2D eigenvalue weighted by Gasteiger charge is 2.47. The fraction of sp³-hybridized carbons (Fsp3) is 0.609. The maximum absolute atomic E-state index is 13.1. The summed E-state index contributed by atoms with van der Waals surface area (Å²) < 4.78 is 16.3. The molecule has 3 amide bonds. The van der Waals surface area contributed by atoms with E-state index in [0.29, 0.717) is 55.8 Å². The molecule has 2 unspecified atom stereocenters. The summed E-state index contributed by atoms with van der Waals surface area (Å²) in [5, 5.41) is 0. The Morgan fingerprint density at radius 1 is 0.903 bits per heavy atom. The first kappa shape index (κ1) is 21.5. The van der Waals surface area contributed by atoms with E-state index in [1.165, 1.54) is 4.90 Å². The van der Waals surface area contributed by atoms with Crippen molar-refractivity contribution >= 4 is 17.7 Å². The van der Waals surface area contributed by atoms with Crippen LogP contribution in [0.4, 0.5) is 0 Å². The van der Waals surface area contributed by atoms with E-state index in [0.717, 1.165) is 18.4 Å². The highest BCUT2D eigenvalue weighted by molar-refractivity contribution is 6.02. The number of rotatable bonds is 7. The zero-order valence-corrected chi connectivity index (χ0v) is 18.4. The summed E-state index contributed by atoms with van der Waals surface area (Å²) in [6.07, 6.45) is 4.79. The van der Waals surface area contributed by atoms with E-state index >= 15 is 0 Å². The molecular formula is C23H30N2O6. The predicted molar refractivity (Wildman–Crippen MR) is 112 cm³/mol. The molecule has 1 aromatic rings. The molecule has 8 nitrogen and oxygen atoms in total. The highest BCUT2D eigenvalue weighted by Crippen LogP contribution is 2.42. The number of likely N-dealkylation sites (tertiary alicyclic amines) is 1. The lowest BCUT2D eigenvalue weighted by Crippen LogP contribution is -2.53. The van der Waals surface area contributed by atoms with Gasteiger partial charge in [-0.2, -0.15) is 0 Å². The number of ether oxygens (including phenoxy) is 3. The van der Waals surface area contributed by atoms with Gasteiger partial charge in [0.25, 0.3) is 0 Å². The summed E-state index contributed by atoms with van der Waals surface area (Å²) in [4.78, 5) is 40.9. The summed E-state index contributed by atoms with van der Waals surface area (Å²) >= 11 is 0. The lowest BCUT2D eigenvalue weighted by Gasteiger charge is -2.41. The van der Waals surface area contributed by atoms with Crippen LogP contribution in [0.3, 0.4) is 0 Å². The fourth-order valence-corrected chi connectivity index (χ4v) is 5.50. The first-order chi connectivity index (χ1) is 15.0. The number of benzene rings is 1. The number of methoxy groups -OCH3 is 3. The van der Waals surface area contributed by atoms with Crippen LogP contribution in [-0.2, 0) is 20.8 Å². The van der Waals surface area contributed by atoms with E-state index in [1.807, 2.05) is 17.0 Å². The Hall–Kier alpha value is -2.77. The van der Waals surface area contributed by atoms with E-state index in [2.05, 4.69) is 0 Å². The van der Waals surface area contributed by atoms with Gasteiger partial charge in [-0.05, 0) is 43.7 Å². The second-order valence-electron chi connectivity index (χ2n) is 8.46. The Kier molecular flexibility index (Phi) is 6.07. The molecule has 0 radical (unpaired) electrons. The van der Waals surface area contributed by atoms with E-state index in [9.17, 15) is 14.4 Å². The number of imide groups is 1. The van der Waals surface area contributed by atoms with Gasteiger partial charge < -0.3 is 19.1 Å². The van der Waals surface area contributed by atoms with Crippen molar-refractivity contribution in [2.24, 2.45) is 0 Å². The van der Waals surface area contributed by atoms with E-state index in [1.54, 1.807) is 21.3 Å². The normalized spacial score (nSPS) is 25.2. The van der Waals surface area contributed by atoms with Crippen molar-refractivity contribution in [3.05, 3.63) is 17.7 Å². The summed E-state index contributed by atoms with van der Waals surface area (Å²) in [5.74, 6) is 1.69. The first-order valence-corrected chi connectivity index (χ1v) is 10.9. The molecule has 2 atom stereocenters. The fourth-order valence-electron chi connectivity index (χ4n) is 5.50. The molecule has 31 heavy (non-hydrogen) atoms. The number of carbonyl (C=O) groups is 3. The second-order valence-corrected chi connectivity index (χ2v) is 8.46. The van der Waals surface area contributed by atoms with Gasteiger partial charge in [0.2, 0.25) is 23.5 Å². The van der Waals surface area contributed by atoms with Crippen LogP contribution in [0.25, 0.3) is 0 Å². The van der Waals surface area contributed by atoms with E-state index < -0.39 is 0 Å². The van der Waals surface area contributed by atoms with E-state index in [4.69, 9.17) is 14.2 Å². The monoisotopic (exact) mass is 430 g/mol. The van der Waals surface area contributed by atoms with Crippen LogP contribution in [-0.4, -0.2) is 67.0 Å². The molecule has 0 aromatic heterocycles. The number of aryl methyl sites for hydroxylation is 1. The lowest BCUT2D eigenvalue weighted by atomic mass is 9.95. The molecule has 0 saturated carbocycles. The quantitative estimate of drug-likeness (QED) is 0.617. The van der Waals surface area contributed by atoms with Crippen molar-refractivity contribution in [2.75, 3.05) is 21.3 Å².